The summed E-state index contributed by atoms with van der Waals surface area (Å²) in [5, 5.41) is 6.25. The number of benzene rings is 1. The number of hydrogen-bond donors (Lipinski definition) is 2. The lowest BCUT2D eigenvalue weighted by Gasteiger charge is -2.15. The summed E-state index contributed by atoms with van der Waals surface area (Å²) in [6.45, 7) is -1.46. The number of guanidine groups is 1. The molecule has 1 heterocycles. The second kappa shape index (κ2) is 12.5. The van der Waals surface area contributed by atoms with E-state index in [1.165, 1.54) is 26.0 Å². The van der Waals surface area contributed by atoms with Gasteiger partial charge in [-0.25, -0.2) is 4.98 Å². The molecule has 0 amide bonds. The van der Waals surface area contributed by atoms with Crippen molar-refractivity contribution in [1.29, 1.82) is 0 Å². The zero-order valence-electron chi connectivity index (χ0n) is 17.4. The highest BCUT2D eigenvalue weighted by Crippen LogP contribution is 2.29. The maximum Gasteiger partial charge on any atom is 0.387 e. The molecule has 2 N–H and O–H groups in total. The Balaban J connectivity index is 0.00000341. The highest BCUT2D eigenvalue weighted by atomic mass is 127. The lowest BCUT2D eigenvalue weighted by Crippen LogP contribution is -2.36. The molecule has 0 atom stereocenters. The fourth-order valence-corrected chi connectivity index (χ4v) is 2.71. The summed E-state index contributed by atoms with van der Waals surface area (Å²) in [5.74, 6) is 2.44. The highest BCUT2D eigenvalue weighted by Gasteiger charge is 2.22. The van der Waals surface area contributed by atoms with E-state index in [1.54, 1.807) is 25.4 Å². The Hall–Kier alpha value is -2.37. The number of nitrogens with one attached hydrogen (secondary N) is 2. The van der Waals surface area contributed by atoms with Crippen LogP contribution in [0.3, 0.4) is 0 Å². The molecule has 0 saturated heterocycles. The van der Waals surface area contributed by atoms with Gasteiger partial charge in [0.2, 0.25) is 5.88 Å². The average Bonchev–Trinajstić information content (AvgIpc) is 3.58. The second-order valence-corrected chi connectivity index (χ2v) is 6.89. The SMILES string of the molecule is CN=C(NCc1ccc(OCC2CC2)nc1)NCc1cc(OC)ccc1OC(F)F.I. The summed E-state index contributed by atoms with van der Waals surface area (Å²) >= 11 is 0. The zero-order chi connectivity index (χ0) is 21.3. The monoisotopic (exact) mass is 548 g/mol. The van der Waals surface area contributed by atoms with Crippen LogP contribution in [-0.4, -0.2) is 38.3 Å². The van der Waals surface area contributed by atoms with E-state index in [0.29, 0.717) is 35.6 Å². The van der Waals surface area contributed by atoms with Crippen LogP contribution in [0, 0.1) is 5.92 Å². The summed E-state index contributed by atoms with van der Waals surface area (Å²) in [4.78, 5) is 8.46. The molecule has 0 aliphatic heterocycles. The molecule has 0 bridgehead atoms. The number of aromatic nitrogens is 1. The zero-order valence-corrected chi connectivity index (χ0v) is 19.8. The molecule has 0 unspecified atom stereocenters. The van der Waals surface area contributed by atoms with Crippen LogP contribution in [0.25, 0.3) is 0 Å². The highest BCUT2D eigenvalue weighted by molar-refractivity contribution is 14.0. The lowest BCUT2D eigenvalue weighted by molar-refractivity contribution is -0.0505. The number of halogens is 3. The van der Waals surface area contributed by atoms with Crippen molar-refractivity contribution in [2.24, 2.45) is 10.9 Å². The van der Waals surface area contributed by atoms with Crippen LogP contribution < -0.4 is 24.8 Å². The molecule has 1 aliphatic rings. The van der Waals surface area contributed by atoms with Crippen molar-refractivity contribution in [1.82, 2.24) is 15.6 Å². The molecule has 1 aliphatic carbocycles. The van der Waals surface area contributed by atoms with Gasteiger partial charge < -0.3 is 24.8 Å². The molecule has 2 aromatic rings. The molecule has 3 rings (SSSR count). The number of ether oxygens (including phenoxy) is 3. The smallest absolute Gasteiger partial charge is 0.387 e. The molecule has 0 radical (unpaired) electrons. The van der Waals surface area contributed by atoms with E-state index in [-0.39, 0.29) is 36.3 Å². The first kappa shape index (κ1) is 24.9. The van der Waals surface area contributed by atoms with Crippen molar-refractivity contribution < 1.29 is 23.0 Å². The van der Waals surface area contributed by atoms with Crippen LogP contribution in [0.1, 0.15) is 24.0 Å². The number of methoxy groups -OCH3 is 1. The quantitative estimate of drug-likeness (QED) is 0.266. The summed E-state index contributed by atoms with van der Waals surface area (Å²) in [6.07, 6.45) is 4.22. The van der Waals surface area contributed by atoms with Crippen molar-refractivity contribution >= 4 is 29.9 Å². The number of hydrogen-bond acceptors (Lipinski definition) is 5. The number of pyridine rings is 1. The summed E-state index contributed by atoms with van der Waals surface area (Å²) in [5.41, 5.74) is 1.48. The molecule has 10 heteroatoms. The van der Waals surface area contributed by atoms with Crippen LogP contribution in [0.2, 0.25) is 0 Å². The molecule has 7 nitrogen and oxygen atoms in total. The molecular formula is C21H27F2IN4O3. The summed E-state index contributed by atoms with van der Waals surface area (Å²) < 4.78 is 40.7. The predicted octanol–water partition coefficient (Wildman–Crippen LogP) is 3.96. The van der Waals surface area contributed by atoms with Gasteiger partial charge in [0, 0.05) is 38.0 Å². The van der Waals surface area contributed by atoms with Gasteiger partial charge in [-0.3, -0.25) is 4.99 Å². The number of alkyl halides is 2. The average molecular weight is 548 g/mol. The van der Waals surface area contributed by atoms with Crippen molar-refractivity contribution in [2.75, 3.05) is 20.8 Å². The number of nitrogens with zero attached hydrogens (tertiary/aromatic N) is 2. The van der Waals surface area contributed by atoms with E-state index in [2.05, 4.69) is 25.3 Å². The minimum atomic E-state index is -2.90. The molecular weight excluding hydrogens is 521 g/mol. The van der Waals surface area contributed by atoms with Gasteiger partial charge in [0.25, 0.3) is 0 Å². The third-order valence-electron chi connectivity index (χ3n) is 4.58. The molecule has 1 aromatic carbocycles. The van der Waals surface area contributed by atoms with Gasteiger partial charge in [0.05, 0.1) is 13.7 Å². The first-order valence-corrected chi connectivity index (χ1v) is 9.71. The maximum atomic E-state index is 12.7. The van der Waals surface area contributed by atoms with E-state index in [4.69, 9.17) is 9.47 Å². The molecule has 1 saturated carbocycles. The van der Waals surface area contributed by atoms with Gasteiger partial charge in [0.1, 0.15) is 11.5 Å². The lowest BCUT2D eigenvalue weighted by atomic mass is 10.2. The first-order chi connectivity index (χ1) is 14.6. The van der Waals surface area contributed by atoms with Crippen LogP contribution >= 0.6 is 24.0 Å². The van der Waals surface area contributed by atoms with E-state index in [9.17, 15) is 8.78 Å². The van der Waals surface area contributed by atoms with Crippen LogP contribution in [0.5, 0.6) is 17.4 Å². The summed E-state index contributed by atoms with van der Waals surface area (Å²) in [6, 6.07) is 8.45. The van der Waals surface area contributed by atoms with Gasteiger partial charge in [-0.05, 0) is 42.5 Å². The Labute approximate surface area is 197 Å². The molecule has 170 valence electrons. The minimum absolute atomic E-state index is 0. The van der Waals surface area contributed by atoms with E-state index < -0.39 is 6.61 Å². The standard InChI is InChI=1S/C21H26F2N4O3.HI/c1-24-21(26-11-15-5-8-19(25-10-15)29-13-14-3-4-14)27-12-16-9-17(28-2)6-7-18(16)30-20(22)23;/h5-10,14,20H,3-4,11-13H2,1-2H3,(H2,24,26,27);1H. The molecule has 0 spiro atoms. The molecule has 1 fully saturated rings. The van der Waals surface area contributed by atoms with Gasteiger partial charge in [-0.1, -0.05) is 6.07 Å². The largest absolute Gasteiger partial charge is 0.497 e. The van der Waals surface area contributed by atoms with Crippen molar-refractivity contribution in [3.8, 4) is 17.4 Å². The predicted molar refractivity (Wildman–Crippen MR) is 125 cm³/mol. The van der Waals surface area contributed by atoms with Crippen molar-refractivity contribution in [2.45, 2.75) is 32.5 Å². The van der Waals surface area contributed by atoms with E-state index >= 15 is 0 Å². The Morgan fingerprint density at radius 3 is 2.58 bits per heavy atom. The van der Waals surface area contributed by atoms with E-state index in [0.717, 1.165) is 12.2 Å². The molecule has 31 heavy (non-hydrogen) atoms. The molecule has 1 aromatic heterocycles. The Bertz CT molecular complexity index is 849. The Kier molecular flexibility index (Phi) is 10.0. The first-order valence-electron chi connectivity index (χ1n) is 9.71. The van der Waals surface area contributed by atoms with E-state index in [1.807, 2.05) is 12.1 Å². The second-order valence-electron chi connectivity index (χ2n) is 6.89. The van der Waals surface area contributed by atoms with Gasteiger partial charge in [0.15, 0.2) is 5.96 Å². The number of rotatable bonds is 10. The normalized spacial score (nSPS) is 13.4. The Morgan fingerprint density at radius 2 is 1.97 bits per heavy atom. The van der Waals surface area contributed by atoms with Crippen LogP contribution in [0.4, 0.5) is 8.78 Å². The third kappa shape index (κ3) is 8.35. The fourth-order valence-electron chi connectivity index (χ4n) is 2.71. The number of aliphatic imine (C=N–C) groups is 1. The topological polar surface area (TPSA) is 77.0 Å². The summed E-state index contributed by atoms with van der Waals surface area (Å²) in [7, 11) is 3.14. The van der Waals surface area contributed by atoms with Crippen LogP contribution in [0.15, 0.2) is 41.5 Å². The van der Waals surface area contributed by atoms with Crippen molar-refractivity contribution in [3.63, 3.8) is 0 Å². The third-order valence-corrected chi connectivity index (χ3v) is 4.58. The van der Waals surface area contributed by atoms with Gasteiger partial charge >= 0.3 is 6.61 Å². The maximum absolute atomic E-state index is 12.7. The van der Waals surface area contributed by atoms with Gasteiger partial charge in [-0.15, -0.1) is 24.0 Å². The van der Waals surface area contributed by atoms with Crippen molar-refractivity contribution in [3.05, 3.63) is 47.7 Å². The minimum Gasteiger partial charge on any atom is -0.497 e. The van der Waals surface area contributed by atoms with Crippen LogP contribution in [-0.2, 0) is 13.1 Å². The Morgan fingerprint density at radius 1 is 1.19 bits per heavy atom. The van der Waals surface area contributed by atoms with Gasteiger partial charge in [-0.2, -0.15) is 8.78 Å². The fraction of sp³-hybridized carbons (Fsp3) is 0.429.